The minimum Gasteiger partial charge on any atom is -0.496 e. The second-order valence-electron chi connectivity index (χ2n) is 10.7. The summed E-state index contributed by atoms with van der Waals surface area (Å²) in [6.07, 6.45) is 1.96. The van der Waals surface area contributed by atoms with Gasteiger partial charge in [0.25, 0.3) is 0 Å². The Balaban J connectivity index is 1.70. The zero-order valence-electron chi connectivity index (χ0n) is 22.8. The summed E-state index contributed by atoms with van der Waals surface area (Å²) in [5.74, 6) is 0.937. The monoisotopic (exact) mass is 507 g/mol. The van der Waals surface area contributed by atoms with E-state index in [4.69, 9.17) is 4.74 Å². The number of fused-ring (bicyclic) bond motifs is 2. The van der Waals surface area contributed by atoms with Gasteiger partial charge in [-0.25, -0.2) is 4.79 Å². The summed E-state index contributed by atoms with van der Waals surface area (Å²) in [6, 6.07) is 10.7. The Hall–Kier alpha value is -2.87. The minimum atomic E-state index is -0.981. The van der Waals surface area contributed by atoms with E-state index in [2.05, 4.69) is 62.1 Å². The molecule has 37 heavy (non-hydrogen) atoms. The van der Waals surface area contributed by atoms with Crippen molar-refractivity contribution in [1.29, 1.82) is 0 Å². The SMILES string of the molecule is COc1cc(C)cc2c1[C@H](C)C=C1CCN(Cc3cc(C)cc(C)c3)CCN(C[C@@H](O)CO)C(=O)N1C2. The molecule has 2 aliphatic rings. The Morgan fingerprint density at radius 2 is 1.73 bits per heavy atom. The van der Waals surface area contributed by atoms with Crippen molar-refractivity contribution in [3.63, 3.8) is 0 Å². The molecule has 2 aromatic carbocycles. The molecule has 4 rings (SSSR count). The van der Waals surface area contributed by atoms with Crippen LogP contribution in [-0.2, 0) is 13.1 Å². The number of ether oxygens (including phenoxy) is 1. The van der Waals surface area contributed by atoms with Gasteiger partial charge in [-0.2, -0.15) is 0 Å². The number of hydrogen-bond donors (Lipinski definition) is 2. The molecule has 0 aromatic heterocycles. The molecule has 2 N–H and O–H groups in total. The molecule has 2 aromatic rings. The standard InChI is InChI=1S/C30H41N3O4/c1-20-10-21(2)12-24(11-20)16-31-7-6-26-15-23(4)29-25(13-22(3)14-28(29)37-5)17-33(26)30(36)32(9-8-31)18-27(35)19-34/h10-15,23,27,34-35H,6-9,16-19H2,1-5H3/t23-,27-/m1/s1. The van der Waals surface area contributed by atoms with Crippen molar-refractivity contribution >= 4 is 6.03 Å². The highest BCUT2D eigenvalue weighted by molar-refractivity contribution is 5.77. The van der Waals surface area contributed by atoms with Crippen LogP contribution in [0.4, 0.5) is 4.79 Å². The molecule has 1 saturated heterocycles. The minimum absolute atomic E-state index is 0.0865. The maximum absolute atomic E-state index is 14.0. The predicted molar refractivity (Wildman–Crippen MR) is 146 cm³/mol. The predicted octanol–water partition coefficient (Wildman–Crippen LogP) is 4.10. The highest BCUT2D eigenvalue weighted by atomic mass is 16.5. The van der Waals surface area contributed by atoms with E-state index in [-0.39, 0.29) is 25.1 Å². The summed E-state index contributed by atoms with van der Waals surface area (Å²) in [7, 11) is 1.70. The lowest BCUT2D eigenvalue weighted by Gasteiger charge is -2.32. The molecule has 0 unspecified atom stereocenters. The molecule has 7 heteroatoms. The van der Waals surface area contributed by atoms with Crippen LogP contribution >= 0.6 is 0 Å². The van der Waals surface area contributed by atoms with Gasteiger partial charge in [-0.05, 0) is 43.5 Å². The molecule has 1 fully saturated rings. The van der Waals surface area contributed by atoms with Crippen LogP contribution in [0.1, 0.15) is 52.6 Å². The highest BCUT2D eigenvalue weighted by Crippen LogP contribution is 2.38. The first-order valence-electron chi connectivity index (χ1n) is 13.2. The van der Waals surface area contributed by atoms with Gasteiger partial charge in [0, 0.05) is 49.8 Å². The average molecular weight is 508 g/mol. The Labute approximate surface area is 220 Å². The molecule has 2 heterocycles. The zero-order chi connectivity index (χ0) is 26.7. The molecule has 0 spiro atoms. The fourth-order valence-corrected chi connectivity index (χ4v) is 5.77. The second-order valence-corrected chi connectivity index (χ2v) is 10.7. The molecule has 0 radical (unpaired) electrons. The lowest BCUT2D eigenvalue weighted by atomic mass is 9.93. The second kappa shape index (κ2) is 11.7. The zero-order valence-corrected chi connectivity index (χ0v) is 22.8. The molecular weight excluding hydrogens is 466 g/mol. The van der Waals surface area contributed by atoms with Crippen LogP contribution in [0.3, 0.4) is 0 Å². The number of amides is 2. The molecular formula is C30H41N3O4. The van der Waals surface area contributed by atoms with Crippen molar-refractivity contribution in [2.45, 2.75) is 59.2 Å². The van der Waals surface area contributed by atoms with Crippen LogP contribution in [-0.4, -0.2) is 76.9 Å². The lowest BCUT2D eigenvalue weighted by Crippen LogP contribution is -2.47. The van der Waals surface area contributed by atoms with E-state index in [0.717, 1.165) is 47.6 Å². The normalized spacial score (nSPS) is 19.7. The number of rotatable bonds is 6. The van der Waals surface area contributed by atoms with Gasteiger partial charge < -0.3 is 19.8 Å². The number of carbonyl (C=O) groups excluding carboxylic acids is 1. The van der Waals surface area contributed by atoms with Gasteiger partial charge in [-0.15, -0.1) is 0 Å². The molecule has 7 nitrogen and oxygen atoms in total. The number of methoxy groups -OCH3 is 1. The Bertz CT molecular complexity index is 1140. The summed E-state index contributed by atoms with van der Waals surface area (Å²) in [5, 5.41) is 19.8. The smallest absolute Gasteiger partial charge is 0.324 e. The van der Waals surface area contributed by atoms with Gasteiger partial charge in [0.05, 0.1) is 32.9 Å². The van der Waals surface area contributed by atoms with Crippen LogP contribution in [0, 0.1) is 20.8 Å². The summed E-state index contributed by atoms with van der Waals surface area (Å²) in [4.78, 5) is 19.9. The maximum atomic E-state index is 14.0. The number of allylic oxidation sites excluding steroid dienone is 1. The third-order valence-corrected chi connectivity index (χ3v) is 7.37. The van der Waals surface area contributed by atoms with Crippen molar-refractivity contribution in [1.82, 2.24) is 14.7 Å². The van der Waals surface area contributed by atoms with Gasteiger partial charge in [-0.3, -0.25) is 9.80 Å². The van der Waals surface area contributed by atoms with Crippen molar-refractivity contribution in [3.8, 4) is 5.75 Å². The van der Waals surface area contributed by atoms with Gasteiger partial charge in [0.1, 0.15) is 5.75 Å². The van der Waals surface area contributed by atoms with Crippen LogP contribution in [0.2, 0.25) is 0 Å². The van der Waals surface area contributed by atoms with E-state index in [1.165, 1.54) is 16.7 Å². The van der Waals surface area contributed by atoms with Gasteiger partial charge in [-0.1, -0.05) is 48.4 Å². The third-order valence-electron chi connectivity index (χ3n) is 7.37. The number of benzene rings is 2. The largest absolute Gasteiger partial charge is 0.496 e. The van der Waals surface area contributed by atoms with Crippen LogP contribution < -0.4 is 4.74 Å². The molecule has 0 aliphatic carbocycles. The number of β-amino-alcohol motifs (C(OH)–C–C–N with tert-alkyl or cyclic N) is 1. The molecule has 2 amide bonds. The topological polar surface area (TPSA) is 76.5 Å². The number of aliphatic hydroxyl groups excluding tert-OH is 2. The summed E-state index contributed by atoms with van der Waals surface area (Å²) in [5.41, 5.74) is 8.04. The number of hydrogen-bond acceptors (Lipinski definition) is 5. The van der Waals surface area contributed by atoms with E-state index < -0.39 is 6.10 Å². The molecule has 2 aliphatic heterocycles. The van der Waals surface area contributed by atoms with Gasteiger partial charge >= 0.3 is 6.03 Å². The number of carbonyl (C=O) groups is 1. The van der Waals surface area contributed by atoms with Crippen LogP contribution in [0.5, 0.6) is 5.75 Å². The van der Waals surface area contributed by atoms with Crippen molar-refractivity contribution in [3.05, 3.63) is 75.5 Å². The Morgan fingerprint density at radius 3 is 2.41 bits per heavy atom. The van der Waals surface area contributed by atoms with E-state index in [0.29, 0.717) is 19.6 Å². The molecule has 2 atom stereocenters. The van der Waals surface area contributed by atoms with Crippen molar-refractivity contribution in [2.24, 2.45) is 0 Å². The summed E-state index contributed by atoms with van der Waals surface area (Å²) < 4.78 is 5.75. The summed E-state index contributed by atoms with van der Waals surface area (Å²) >= 11 is 0. The number of aliphatic hydroxyl groups is 2. The molecule has 0 bridgehead atoms. The quantitative estimate of drug-likeness (QED) is 0.616. The van der Waals surface area contributed by atoms with E-state index >= 15 is 0 Å². The Kier molecular flexibility index (Phi) is 8.57. The first-order chi connectivity index (χ1) is 17.7. The lowest BCUT2D eigenvalue weighted by molar-refractivity contribution is 0.0605. The van der Waals surface area contributed by atoms with Gasteiger partial charge in [0.2, 0.25) is 0 Å². The maximum Gasteiger partial charge on any atom is 0.324 e. The van der Waals surface area contributed by atoms with Gasteiger partial charge in [0.15, 0.2) is 0 Å². The number of nitrogens with zero attached hydrogens (tertiary/aromatic N) is 3. The van der Waals surface area contributed by atoms with Crippen molar-refractivity contribution in [2.75, 3.05) is 39.9 Å². The molecule has 200 valence electrons. The van der Waals surface area contributed by atoms with Crippen LogP contribution in [0.25, 0.3) is 0 Å². The average Bonchev–Trinajstić information content (AvgIpc) is 2.95. The number of aryl methyl sites for hydroxylation is 3. The Morgan fingerprint density at radius 1 is 1.03 bits per heavy atom. The van der Waals surface area contributed by atoms with Crippen molar-refractivity contribution < 1.29 is 19.7 Å². The van der Waals surface area contributed by atoms with E-state index in [9.17, 15) is 15.0 Å². The van der Waals surface area contributed by atoms with E-state index in [1.807, 2.05) is 11.8 Å². The fourth-order valence-electron chi connectivity index (χ4n) is 5.77. The third kappa shape index (κ3) is 6.35. The number of urea groups is 1. The summed E-state index contributed by atoms with van der Waals surface area (Å²) in [6.45, 7) is 11.4. The first kappa shape index (κ1) is 27.2. The van der Waals surface area contributed by atoms with E-state index in [1.54, 1.807) is 12.0 Å². The molecule has 0 saturated carbocycles. The first-order valence-corrected chi connectivity index (χ1v) is 13.2. The van der Waals surface area contributed by atoms with Crippen LogP contribution in [0.15, 0.2) is 42.1 Å². The fraction of sp³-hybridized carbons (Fsp3) is 0.500. The highest BCUT2D eigenvalue weighted by Gasteiger charge is 2.32.